The van der Waals surface area contributed by atoms with Gasteiger partial charge in [0.05, 0.1) is 11.0 Å². The molecule has 0 aliphatic rings. The molecule has 0 bridgehead atoms. The van der Waals surface area contributed by atoms with Crippen LogP contribution in [0.1, 0.15) is 30.8 Å². The predicted molar refractivity (Wildman–Crippen MR) is 80.8 cm³/mol. The van der Waals surface area contributed by atoms with E-state index in [1.165, 1.54) is 0 Å². The molecule has 2 heterocycles. The third kappa shape index (κ3) is 2.13. The quantitative estimate of drug-likeness (QED) is 0.765. The van der Waals surface area contributed by atoms with E-state index in [9.17, 15) is 4.79 Å². The lowest BCUT2D eigenvalue weighted by molar-refractivity contribution is 0.0935. The molecule has 1 unspecified atom stereocenters. The first-order valence-corrected chi connectivity index (χ1v) is 6.86. The average molecular weight is 267 g/mol. The van der Waals surface area contributed by atoms with Crippen LogP contribution in [0.5, 0.6) is 0 Å². The minimum atomic E-state index is -0.0698. The van der Waals surface area contributed by atoms with E-state index in [4.69, 9.17) is 0 Å². The number of pyridine rings is 1. The zero-order valence-electron chi connectivity index (χ0n) is 11.6. The first-order chi connectivity index (χ1) is 9.69. The van der Waals surface area contributed by atoms with Gasteiger partial charge >= 0.3 is 0 Å². The fraction of sp³-hybridized carbons (Fsp3) is 0.250. The second-order valence-electron chi connectivity index (χ2n) is 5.07. The highest BCUT2D eigenvalue weighted by atomic mass is 16.1. The van der Waals surface area contributed by atoms with Gasteiger partial charge in [-0.1, -0.05) is 25.1 Å². The monoisotopic (exact) mass is 267 g/mol. The molecule has 2 aromatic heterocycles. The molecule has 0 aliphatic carbocycles. The van der Waals surface area contributed by atoms with Gasteiger partial charge in [-0.15, -0.1) is 0 Å². The van der Waals surface area contributed by atoms with Gasteiger partial charge in [0, 0.05) is 23.0 Å². The van der Waals surface area contributed by atoms with Crippen LogP contribution in [0.2, 0.25) is 0 Å². The number of amides is 1. The maximum atomic E-state index is 12.2. The summed E-state index contributed by atoms with van der Waals surface area (Å²) in [7, 11) is 0. The molecule has 1 atom stereocenters. The lowest BCUT2D eigenvalue weighted by Gasteiger charge is -2.09. The van der Waals surface area contributed by atoms with Crippen molar-refractivity contribution >= 4 is 27.7 Å². The van der Waals surface area contributed by atoms with Crippen molar-refractivity contribution in [3.63, 3.8) is 0 Å². The molecule has 1 aromatic carbocycles. The fourth-order valence-electron chi connectivity index (χ4n) is 2.26. The second-order valence-corrected chi connectivity index (χ2v) is 5.07. The number of rotatable bonds is 3. The summed E-state index contributed by atoms with van der Waals surface area (Å²) in [4.78, 5) is 19.7. The number of hydrogen-bond donors (Lipinski definition) is 2. The molecule has 0 fully saturated rings. The topological polar surface area (TPSA) is 57.8 Å². The van der Waals surface area contributed by atoms with Crippen LogP contribution in [0, 0.1) is 0 Å². The summed E-state index contributed by atoms with van der Waals surface area (Å²) in [5.74, 6) is -0.0698. The van der Waals surface area contributed by atoms with Crippen molar-refractivity contribution < 1.29 is 4.79 Å². The van der Waals surface area contributed by atoms with Crippen LogP contribution in [0.3, 0.4) is 0 Å². The Kier molecular flexibility index (Phi) is 3.14. The van der Waals surface area contributed by atoms with Gasteiger partial charge in [-0.05, 0) is 25.5 Å². The van der Waals surface area contributed by atoms with Crippen molar-refractivity contribution in [1.29, 1.82) is 0 Å². The summed E-state index contributed by atoms with van der Waals surface area (Å²) in [6.45, 7) is 4.05. The Labute approximate surface area is 117 Å². The molecule has 0 spiro atoms. The zero-order chi connectivity index (χ0) is 14.1. The van der Waals surface area contributed by atoms with Gasteiger partial charge < -0.3 is 10.3 Å². The Morgan fingerprint density at radius 1 is 1.35 bits per heavy atom. The van der Waals surface area contributed by atoms with E-state index < -0.39 is 0 Å². The van der Waals surface area contributed by atoms with Gasteiger partial charge in [0.25, 0.3) is 5.91 Å². The number of fused-ring (bicyclic) bond motifs is 3. The van der Waals surface area contributed by atoms with E-state index in [2.05, 4.69) is 15.3 Å². The third-order valence-electron chi connectivity index (χ3n) is 3.60. The van der Waals surface area contributed by atoms with Crippen molar-refractivity contribution in [3.05, 3.63) is 42.2 Å². The predicted octanol–water partition coefficient (Wildman–Crippen LogP) is 3.24. The van der Waals surface area contributed by atoms with Crippen LogP contribution in [0.4, 0.5) is 0 Å². The van der Waals surface area contributed by atoms with Gasteiger partial charge in [0.15, 0.2) is 0 Å². The maximum absolute atomic E-state index is 12.2. The van der Waals surface area contributed by atoms with Crippen LogP contribution >= 0.6 is 0 Å². The van der Waals surface area contributed by atoms with Crippen LogP contribution in [0.25, 0.3) is 21.8 Å². The summed E-state index contributed by atoms with van der Waals surface area (Å²) in [5, 5.41) is 5.03. The second kappa shape index (κ2) is 4.96. The van der Waals surface area contributed by atoms with E-state index in [0.717, 1.165) is 28.2 Å². The van der Waals surface area contributed by atoms with Crippen LogP contribution in [0.15, 0.2) is 36.5 Å². The Morgan fingerprint density at radius 3 is 2.95 bits per heavy atom. The van der Waals surface area contributed by atoms with Crippen LogP contribution in [-0.2, 0) is 0 Å². The standard InChI is InChI=1S/C16H17N3O/c1-3-10(2)18-16(20)13-9-12-7-6-11-5-4-8-17-14(11)15(12)19-13/h4-10,19H,3H2,1-2H3,(H,18,20). The molecule has 3 rings (SSSR count). The Hall–Kier alpha value is -2.36. The number of aromatic amines is 1. The first-order valence-electron chi connectivity index (χ1n) is 6.86. The van der Waals surface area contributed by atoms with E-state index in [-0.39, 0.29) is 11.9 Å². The maximum Gasteiger partial charge on any atom is 0.267 e. The van der Waals surface area contributed by atoms with Crippen LogP contribution < -0.4 is 5.32 Å². The van der Waals surface area contributed by atoms with Crippen molar-refractivity contribution in [2.75, 3.05) is 0 Å². The SMILES string of the molecule is CCC(C)NC(=O)c1cc2ccc3cccnc3c2[nH]1. The largest absolute Gasteiger partial charge is 0.349 e. The number of aromatic nitrogens is 2. The van der Waals surface area contributed by atoms with Gasteiger partial charge in [0.2, 0.25) is 0 Å². The van der Waals surface area contributed by atoms with E-state index >= 15 is 0 Å². The molecular weight excluding hydrogens is 250 g/mol. The molecule has 0 saturated carbocycles. The first kappa shape index (κ1) is 12.7. The molecule has 2 N–H and O–H groups in total. The molecule has 0 saturated heterocycles. The third-order valence-corrected chi connectivity index (χ3v) is 3.60. The molecule has 3 aromatic rings. The highest BCUT2D eigenvalue weighted by Gasteiger charge is 2.13. The summed E-state index contributed by atoms with van der Waals surface area (Å²) < 4.78 is 0. The van der Waals surface area contributed by atoms with Gasteiger partial charge in [-0.3, -0.25) is 9.78 Å². The smallest absolute Gasteiger partial charge is 0.267 e. The number of H-pyrrole nitrogens is 1. The van der Waals surface area contributed by atoms with E-state index in [1.54, 1.807) is 6.20 Å². The zero-order valence-corrected chi connectivity index (χ0v) is 11.6. The Bertz CT molecular complexity index is 776. The minimum absolute atomic E-state index is 0.0698. The normalized spacial score (nSPS) is 12.7. The molecule has 4 nitrogen and oxygen atoms in total. The van der Waals surface area contributed by atoms with E-state index in [1.807, 2.05) is 44.2 Å². The number of hydrogen-bond acceptors (Lipinski definition) is 2. The molecule has 4 heteroatoms. The van der Waals surface area contributed by atoms with Crippen molar-refractivity contribution in [3.8, 4) is 0 Å². The summed E-state index contributed by atoms with van der Waals surface area (Å²) in [6.07, 6.45) is 2.68. The summed E-state index contributed by atoms with van der Waals surface area (Å²) in [6, 6.07) is 10.0. The van der Waals surface area contributed by atoms with Crippen LogP contribution in [-0.4, -0.2) is 21.9 Å². The van der Waals surface area contributed by atoms with Gasteiger partial charge in [-0.25, -0.2) is 0 Å². The molecule has 20 heavy (non-hydrogen) atoms. The summed E-state index contributed by atoms with van der Waals surface area (Å²) in [5.41, 5.74) is 2.39. The lowest BCUT2D eigenvalue weighted by atomic mass is 10.1. The number of carbonyl (C=O) groups excluding carboxylic acids is 1. The minimum Gasteiger partial charge on any atom is -0.349 e. The number of nitrogens with zero attached hydrogens (tertiary/aromatic N) is 1. The Morgan fingerprint density at radius 2 is 2.15 bits per heavy atom. The molecule has 0 radical (unpaired) electrons. The highest BCUT2D eigenvalue weighted by molar-refractivity contribution is 6.07. The van der Waals surface area contributed by atoms with Crippen molar-refractivity contribution in [1.82, 2.24) is 15.3 Å². The highest BCUT2D eigenvalue weighted by Crippen LogP contribution is 2.23. The lowest BCUT2D eigenvalue weighted by Crippen LogP contribution is -2.32. The molecular formula is C16H17N3O. The number of nitrogens with one attached hydrogen (secondary N) is 2. The van der Waals surface area contributed by atoms with E-state index in [0.29, 0.717) is 5.69 Å². The summed E-state index contributed by atoms with van der Waals surface area (Å²) >= 11 is 0. The van der Waals surface area contributed by atoms with Crippen molar-refractivity contribution in [2.45, 2.75) is 26.3 Å². The molecule has 102 valence electrons. The fourth-order valence-corrected chi connectivity index (χ4v) is 2.26. The average Bonchev–Trinajstić information content (AvgIpc) is 2.91. The molecule has 0 aliphatic heterocycles. The number of benzene rings is 1. The van der Waals surface area contributed by atoms with Crippen molar-refractivity contribution in [2.24, 2.45) is 0 Å². The Balaban J connectivity index is 2.06. The molecule has 1 amide bonds. The van der Waals surface area contributed by atoms with Gasteiger partial charge in [-0.2, -0.15) is 0 Å². The number of carbonyl (C=O) groups is 1. The van der Waals surface area contributed by atoms with Gasteiger partial charge in [0.1, 0.15) is 5.69 Å².